The number of hydrogen-bond acceptors (Lipinski definition) is 2. The predicted octanol–water partition coefficient (Wildman–Crippen LogP) is 5.62. The van der Waals surface area contributed by atoms with Crippen LogP contribution in [-0.2, 0) is 0 Å². The van der Waals surface area contributed by atoms with Crippen molar-refractivity contribution < 1.29 is 0 Å². The highest BCUT2D eigenvalue weighted by Crippen LogP contribution is 2.24. The van der Waals surface area contributed by atoms with Crippen molar-refractivity contribution in [3.05, 3.63) is 0 Å². The van der Waals surface area contributed by atoms with Crippen LogP contribution in [0.25, 0.3) is 0 Å². The van der Waals surface area contributed by atoms with E-state index in [-0.39, 0.29) is 0 Å². The molecular weight excluding hydrogens is 280 g/mol. The minimum atomic E-state index is 0.335. The summed E-state index contributed by atoms with van der Waals surface area (Å²) < 4.78 is 0. The van der Waals surface area contributed by atoms with Gasteiger partial charge in [-0.15, -0.1) is 0 Å². The van der Waals surface area contributed by atoms with Crippen LogP contribution in [0.15, 0.2) is 0 Å². The lowest BCUT2D eigenvalue weighted by atomic mass is 9.91. The Kier molecular flexibility index (Phi) is 11.2. The fourth-order valence-electron chi connectivity index (χ4n) is 3.90. The molecule has 1 saturated heterocycles. The van der Waals surface area contributed by atoms with Gasteiger partial charge in [0, 0.05) is 31.7 Å². The summed E-state index contributed by atoms with van der Waals surface area (Å²) >= 11 is 0. The molecule has 0 amide bonds. The number of nitrogens with one attached hydrogen (secondary N) is 1. The standard InChI is InChI=1S/C21H44N2/c1-5-7-9-11-13-15-20(14-12-10-8-6-2)18-23-17-16-22-19-21(23,3)4/h20,22H,5-19H2,1-4H3. The van der Waals surface area contributed by atoms with Crippen LogP contribution < -0.4 is 5.32 Å². The van der Waals surface area contributed by atoms with Crippen LogP contribution in [0.2, 0.25) is 0 Å². The SMILES string of the molecule is CCCCCCCC(CCCCCC)CN1CCNCC1(C)C. The van der Waals surface area contributed by atoms with Crippen molar-refractivity contribution in [1.82, 2.24) is 10.2 Å². The van der Waals surface area contributed by atoms with E-state index in [1.807, 2.05) is 0 Å². The summed E-state index contributed by atoms with van der Waals surface area (Å²) in [6, 6.07) is 0. The monoisotopic (exact) mass is 324 g/mol. The molecule has 0 bridgehead atoms. The molecule has 1 atom stereocenters. The maximum Gasteiger partial charge on any atom is 0.0278 e. The van der Waals surface area contributed by atoms with E-state index >= 15 is 0 Å². The van der Waals surface area contributed by atoms with Crippen molar-refractivity contribution in [3.63, 3.8) is 0 Å². The summed E-state index contributed by atoms with van der Waals surface area (Å²) in [7, 11) is 0. The summed E-state index contributed by atoms with van der Waals surface area (Å²) in [5.74, 6) is 0.922. The zero-order valence-electron chi connectivity index (χ0n) is 16.6. The summed E-state index contributed by atoms with van der Waals surface area (Å²) in [5.41, 5.74) is 0.335. The number of hydrogen-bond donors (Lipinski definition) is 1. The van der Waals surface area contributed by atoms with Gasteiger partial charge in [0.2, 0.25) is 0 Å². The van der Waals surface area contributed by atoms with Gasteiger partial charge in [-0.2, -0.15) is 0 Å². The molecule has 0 aromatic carbocycles. The Morgan fingerprint density at radius 3 is 2.00 bits per heavy atom. The Balaban J connectivity index is 2.38. The first-order valence-electron chi connectivity index (χ1n) is 10.6. The van der Waals surface area contributed by atoms with Crippen LogP contribution in [0.1, 0.15) is 98.3 Å². The summed E-state index contributed by atoms with van der Waals surface area (Å²) in [5, 5.41) is 3.56. The van der Waals surface area contributed by atoms with E-state index in [2.05, 4.69) is 37.9 Å². The highest BCUT2D eigenvalue weighted by Gasteiger charge is 2.30. The molecule has 1 rings (SSSR count). The van der Waals surface area contributed by atoms with Gasteiger partial charge in [-0.3, -0.25) is 4.90 Å². The summed E-state index contributed by atoms with van der Waals surface area (Å²) in [6.07, 6.45) is 15.7. The van der Waals surface area contributed by atoms with Gasteiger partial charge >= 0.3 is 0 Å². The van der Waals surface area contributed by atoms with Gasteiger partial charge in [0.15, 0.2) is 0 Å². The van der Waals surface area contributed by atoms with Gasteiger partial charge in [0.25, 0.3) is 0 Å². The second kappa shape index (κ2) is 12.3. The van der Waals surface area contributed by atoms with Crippen molar-refractivity contribution >= 4 is 0 Å². The molecule has 0 spiro atoms. The van der Waals surface area contributed by atoms with E-state index in [1.54, 1.807) is 0 Å². The molecule has 0 aromatic heterocycles. The molecule has 1 unspecified atom stereocenters. The zero-order valence-corrected chi connectivity index (χ0v) is 16.6. The van der Waals surface area contributed by atoms with Gasteiger partial charge in [0.1, 0.15) is 0 Å². The Bertz CT molecular complexity index is 275. The van der Waals surface area contributed by atoms with Crippen LogP contribution in [0.3, 0.4) is 0 Å². The average molecular weight is 325 g/mol. The lowest BCUT2D eigenvalue weighted by Crippen LogP contribution is -2.58. The fraction of sp³-hybridized carbons (Fsp3) is 1.00. The van der Waals surface area contributed by atoms with E-state index in [0.29, 0.717) is 5.54 Å². The molecule has 1 heterocycles. The Hall–Kier alpha value is -0.0800. The average Bonchev–Trinajstić information content (AvgIpc) is 2.52. The van der Waals surface area contributed by atoms with Crippen molar-refractivity contribution in [2.45, 2.75) is 104 Å². The minimum absolute atomic E-state index is 0.335. The minimum Gasteiger partial charge on any atom is -0.314 e. The molecule has 0 saturated carbocycles. The Labute approximate surface area is 146 Å². The third-order valence-electron chi connectivity index (χ3n) is 5.63. The molecule has 0 aliphatic carbocycles. The van der Waals surface area contributed by atoms with Gasteiger partial charge in [-0.25, -0.2) is 0 Å². The zero-order chi connectivity index (χ0) is 17.0. The lowest BCUT2D eigenvalue weighted by Gasteiger charge is -2.44. The van der Waals surface area contributed by atoms with Crippen LogP contribution in [0.4, 0.5) is 0 Å². The van der Waals surface area contributed by atoms with E-state index < -0.39 is 0 Å². The molecule has 23 heavy (non-hydrogen) atoms. The third-order valence-corrected chi connectivity index (χ3v) is 5.63. The normalized spacial score (nSPS) is 19.8. The van der Waals surface area contributed by atoms with Crippen molar-refractivity contribution in [2.24, 2.45) is 5.92 Å². The van der Waals surface area contributed by atoms with Gasteiger partial charge < -0.3 is 5.32 Å². The fourth-order valence-corrected chi connectivity index (χ4v) is 3.90. The first-order chi connectivity index (χ1) is 11.1. The van der Waals surface area contributed by atoms with E-state index in [4.69, 9.17) is 0 Å². The van der Waals surface area contributed by atoms with Crippen LogP contribution in [0, 0.1) is 5.92 Å². The van der Waals surface area contributed by atoms with E-state index in [1.165, 1.54) is 90.3 Å². The maximum atomic E-state index is 3.56. The van der Waals surface area contributed by atoms with Gasteiger partial charge in [0.05, 0.1) is 0 Å². The number of unbranched alkanes of at least 4 members (excludes halogenated alkanes) is 7. The molecule has 1 N–H and O–H groups in total. The highest BCUT2D eigenvalue weighted by atomic mass is 15.2. The Morgan fingerprint density at radius 1 is 0.870 bits per heavy atom. The van der Waals surface area contributed by atoms with Crippen LogP contribution >= 0.6 is 0 Å². The van der Waals surface area contributed by atoms with Gasteiger partial charge in [-0.05, 0) is 32.6 Å². The molecular formula is C21H44N2. The van der Waals surface area contributed by atoms with Crippen LogP contribution in [0.5, 0.6) is 0 Å². The second-order valence-corrected chi connectivity index (χ2v) is 8.35. The van der Waals surface area contributed by atoms with Crippen molar-refractivity contribution in [1.29, 1.82) is 0 Å². The number of piperazine rings is 1. The van der Waals surface area contributed by atoms with Gasteiger partial charge in [-0.1, -0.05) is 71.6 Å². The first kappa shape index (κ1) is 21.0. The summed E-state index contributed by atoms with van der Waals surface area (Å²) in [6.45, 7) is 14.3. The second-order valence-electron chi connectivity index (χ2n) is 8.35. The van der Waals surface area contributed by atoms with E-state index in [0.717, 1.165) is 12.5 Å². The van der Waals surface area contributed by atoms with Crippen molar-refractivity contribution in [2.75, 3.05) is 26.2 Å². The van der Waals surface area contributed by atoms with E-state index in [9.17, 15) is 0 Å². The van der Waals surface area contributed by atoms with Crippen molar-refractivity contribution in [3.8, 4) is 0 Å². The molecule has 1 aliphatic rings. The quantitative estimate of drug-likeness (QED) is 0.442. The molecule has 1 aliphatic heterocycles. The number of rotatable bonds is 13. The summed E-state index contributed by atoms with van der Waals surface area (Å²) in [4.78, 5) is 2.76. The lowest BCUT2D eigenvalue weighted by molar-refractivity contribution is 0.0681. The molecule has 2 nitrogen and oxygen atoms in total. The third kappa shape index (κ3) is 9.10. The van der Waals surface area contributed by atoms with Crippen LogP contribution in [-0.4, -0.2) is 36.6 Å². The first-order valence-corrected chi connectivity index (χ1v) is 10.6. The topological polar surface area (TPSA) is 15.3 Å². The predicted molar refractivity (Wildman–Crippen MR) is 104 cm³/mol. The largest absolute Gasteiger partial charge is 0.314 e. The molecule has 1 fully saturated rings. The number of nitrogens with zero attached hydrogens (tertiary/aromatic N) is 1. The Morgan fingerprint density at radius 2 is 1.43 bits per heavy atom. The molecule has 0 radical (unpaired) electrons. The molecule has 0 aromatic rings. The maximum absolute atomic E-state index is 3.56. The smallest absolute Gasteiger partial charge is 0.0278 e. The molecule has 2 heteroatoms. The highest BCUT2D eigenvalue weighted by molar-refractivity contribution is 4.89. The molecule has 138 valence electrons.